The monoisotopic (exact) mass is 545 g/mol. The number of hydrogen-bond acceptors (Lipinski definition) is 6. The number of nitrogens with one attached hydrogen (secondary N) is 1. The molecule has 0 fully saturated rings. The molecular formula is C29H19F4N5O2. The van der Waals surface area contributed by atoms with Crippen LogP contribution >= 0.6 is 0 Å². The summed E-state index contributed by atoms with van der Waals surface area (Å²) in [6.07, 6.45) is 0.406. The molecule has 40 heavy (non-hydrogen) atoms. The Hall–Kier alpha value is -5.32. The number of carbonyl (C=O) groups is 1. The van der Waals surface area contributed by atoms with Crippen LogP contribution in [-0.2, 0) is 11.0 Å². The maximum absolute atomic E-state index is 15.4. The molecule has 2 aromatic heterocycles. The molecule has 5 aromatic rings. The Morgan fingerprint density at radius 2 is 1.82 bits per heavy atom. The van der Waals surface area contributed by atoms with Gasteiger partial charge >= 0.3 is 6.18 Å². The van der Waals surface area contributed by atoms with Crippen LogP contribution < -0.4 is 15.8 Å². The minimum absolute atomic E-state index is 0.0540. The second-order valence-corrected chi connectivity index (χ2v) is 8.57. The molecule has 7 nitrogen and oxygen atoms in total. The molecule has 1 amide bonds. The van der Waals surface area contributed by atoms with E-state index < -0.39 is 17.6 Å². The van der Waals surface area contributed by atoms with Crippen LogP contribution in [0, 0.1) is 5.82 Å². The maximum atomic E-state index is 15.4. The summed E-state index contributed by atoms with van der Waals surface area (Å²) in [5, 5.41) is 3.17. The van der Waals surface area contributed by atoms with Crippen molar-refractivity contribution in [2.45, 2.75) is 6.18 Å². The smallest absolute Gasteiger partial charge is 0.416 e. The fourth-order valence-electron chi connectivity index (χ4n) is 4.12. The maximum Gasteiger partial charge on any atom is 0.416 e. The number of alkyl halides is 3. The van der Waals surface area contributed by atoms with Crippen LogP contribution in [0.15, 0.2) is 92.0 Å². The quantitative estimate of drug-likeness (QED) is 0.135. The van der Waals surface area contributed by atoms with Crippen LogP contribution in [0.5, 0.6) is 11.6 Å². The average molecular weight is 545 g/mol. The van der Waals surface area contributed by atoms with E-state index >= 15 is 4.39 Å². The third-order valence-corrected chi connectivity index (χ3v) is 5.98. The number of fused-ring (bicyclic) bond motifs is 1. The van der Waals surface area contributed by atoms with E-state index in [2.05, 4.69) is 26.8 Å². The largest absolute Gasteiger partial charge is 0.439 e. The average Bonchev–Trinajstić information content (AvgIpc) is 2.94. The number of rotatable bonds is 6. The van der Waals surface area contributed by atoms with Gasteiger partial charge in [-0.25, -0.2) is 19.3 Å². The highest BCUT2D eigenvalue weighted by Gasteiger charge is 2.31. The Morgan fingerprint density at radius 1 is 1.00 bits per heavy atom. The van der Waals surface area contributed by atoms with Crippen molar-refractivity contribution in [3.8, 4) is 33.9 Å². The third-order valence-electron chi connectivity index (χ3n) is 5.98. The van der Waals surface area contributed by atoms with Crippen molar-refractivity contribution in [1.29, 1.82) is 0 Å². The highest BCUT2D eigenvalue weighted by Crippen LogP contribution is 2.40. The second-order valence-electron chi connectivity index (χ2n) is 8.57. The molecule has 0 spiro atoms. The van der Waals surface area contributed by atoms with Crippen molar-refractivity contribution < 1.29 is 27.1 Å². The zero-order valence-electron chi connectivity index (χ0n) is 20.5. The zero-order valence-corrected chi connectivity index (χ0v) is 20.5. The minimum atomic E-state index is -4.58. The first-order valence-corrected chi connectivity index (χ1v) is 11.7. The third kappa shape index (κ3) is 5.30. The van der Waals surface area contributed by atoms with Gasteiger partial charge in [-0.1, -0.05) is 18.7 Å². The molecule has 0 unspecified atom stereocenters. The van der Waals surface area contributed by atoms with E-state index in [9.17, 15) is 18.0 Å². The van der Waals surface area contributed by atoms with Gasteiger partial charge < -0.3 is 15.8 Å². The number of carbonyl (C=O) groups excluding carboxylic acids is 1. The first-order chi connectivity index (χ1) is 19.1. The van der Waals surface area contributed by atoms with Crippen molar-refractivity contribution in [3.05, 3.63) is 103 Å². The number of amides is 1. The molecule has 5 rings (SSSR count). The molecule has 11 heteroatoms. The van der Waals surface area contributed by atoms with Crippen molar-refractivity contribution in [2.75, 3.05) is 11.1 Å². The van der Waals surface area contributed by atoms with E-state index in [1.165, 1.54) is 24.7 Å². The Labute approximate surface area is 225 Å². The SMILES string of the molecule is C=CC(=O)Nc1cccc(-c2cc(-c3ccc(Oc4cc(C(F)(F)F)ccn4)cc3F)c(N)c3cncnc23)c1. The van der Waals surface area contributed by atoms with E-state index in [4.69, 9.17) is 10.5 Å². The van der Waals surface area contributed by atoms with Crippen molar-refractivity contribution >= 4 is 28.2 Å². The fraction of sp³-hybridized carbons (Fsp3) is 0.0345. The molecule has 0 atom stereocenters. The first-order valence-electron chi connectivity index (χ1n) is 11.7. The fourth-order valence-corrected chi connectivity index (χ4v) is 4.12. The lowest BCUT2D eigenvalue weighted by Crippen LogP contribution is -2.07. The molecular weight excluding hydrogens is 526 g/mol. The summed E-state index contributed by atoms with van der Waals surface area (Å²) in [5.74, 6) is -1.51. The molecule has 3 aromatic carbocycles. The molecule has 0 aliphatic rings. The summed E-state index contributed by atoms with van der Waals surface area (Å²) >= 11 is 0. The summed E-state index contributed by atoms with van der Waals surface area (Å²) in [7, 11) is 0. The molecule has 0 aliphatic carbocycles. The molecule has 200 valence electrons. The standard InChI is InChI=1S/C29H19F4N5O2/c1-2-25(39)38-18-5-3-4-16(10-18)21-13-22(27(34)23-14-35-15-37-28(21)23)20-7-6-19(12-24(20)30)40-26-11-17(8-9-36-26)29(31,32)33/h2-15H,1,34H2,(H,38,39). The number of aromatic nitrogens is 3. The highest BCUT2D eigenvalue weighted by molar-refractivity contribution is 6.07. The molecule has 0 radical (unpaired) electrons. The summed E-state index contributed by atoms with van der Waals surface area (Å²) in [6.45, 7) is 3.45. The lowest BCUT2D eigenvalue weighted by molar-refractivity contribution is -0.137. The Bertz CT molecular complexity index is 1770. The number of ether oxygens (including phenoxy) is 1. The normalized spacial score (nSPS) is 11.3. The van der Waals surface area contributed by atoms with Gasteiger partial charge in [-0.2, -0.15) is 13.2 Å². The summed E-state index contributed by atoms with van der Waals surface area (Å²) in [6, 6.07) is 14.0. The van der Waals surface area contributed by atoms with Gasteiger partial charge in [0, 0.05) is 52.3 Å². The molecule has 3 N–H and O–H groups in total. The summed E-state index contributed by atoms with van der Waals surface area (Å²) in [4.78, 5) is 24.0. The van der Waals surface area contributed by atoms with Gasteiger partial charge in [-0.05, 0) is 48.0 Å². The van der Waals surface area contributed by atoms with E-state index in [1.54, 1.807) is 30.3 Å². The minimum Gasteiger partial charge on any atom is -0.439 e. The van der Waals surface area contributed by atoms with Gasteiger partial charge in [0.25, 0.3) is 0 Å². The highest BCUT2D eigenvalue weighted by atomic mass is 19.4. The Morgan fingerprint density at radius 3 is 2.58 bits per heavy atom. The van der Waals surface area contributed by atoms with Crippen LogP contribution in [0.25, 0.3) is 33.2 Å². The van der Waals surface area contributed by atoms with Crippen molar-refractivity contribution in [3.63, 3.8) is 0 Å². The second kappa shape index (κ2) is 10.4. The molecule has 2 heterocycles. The lowest BCUT2D eigenvalue weighted by Gasteiger charge is -2.15. The number of pyridine rings is 1. The summed E-state index contributed by atoms with van der Waals surface area (Å²) < 4.78 is 59.9. The van der Waals surface area contributed by atoms with E-state index in [0.29, 0.717) is 33.3 Å². The number of nitrogen functional groups attached to an aromatic ring is 1. The van der Waals surface area contributed by atoms with E-state index in [0.717, 1.165) is 30.5 Å². The number of halogens is 4. The van der Waals surface area contributed by atoms with Crippen LogP contribution in [0.3, 0.4) is 0 Å². The topological polar surface area (TPSA) is 103 Å². The Kier molecular flexibility index (Phi) is 6.87. The van der Waals surface area contributed by atoms with Crippen molar-refractivity contribution in [1.82, 2.24) is 15.0 Å². The number of anilines is 2. The molecule has 0 aliphatic heterocycles. The van der Waals surface area contributed by atoms with Gasteiger partial charge in [0.05, 0.1) is 16.8 Å². The molecule has 0 bridgehead atoms. The van der Waals surface area contributed by atoms with Crippen LogP contribution in [-0.4, -0.2) is 20.9 Å². The molecule has 0 saturated heterocycles. The number of hydrogen-bond donors (Lipinski definition) is 2. The summed E-state index contributed by atoms with van der Waals surface area (Å²) in [5.41, 5.74) is 8.46. The van der Waals surface area contributed by atoms with Gasteiger partial charge in [-0.3, -0.25) is 4.79 Å². The molecule has 0 saturated carbocycles. The van der Waals surface area contributed by atoms with Crippen LogP contribution in [0.2, 0.25) is 0 Å². The Balaban J connectivity index is 1.56. The van der Waals surface area contributed by atoms with Crippen molar-refractivity contribution in [2.24, 2.45) is 0 Å². The van der Waals surface area contributed by atoms with Gasteiger partial charge in [0.2, 0.25) is 11.8 Å². The lowest BCUT2D eigenvalue weighted by atomic mass is 9.93. The van der Waals surface area contributed by atoms with E-state index in [-0.39, 0.29) is 28.8 Å². The van der Waals surface area contributed by atoms with E-state index in [1.807, 2.05) is 0 Å². The number of nitrogens with two attached hydrogens (primary N) is 1. The van der Waals surface area contributed by atoms with Gasteiger partial charge in [0.1, 0.15) is 17.9 Å². The predicted octanol–water partition coefficient (Wildman–Crippen LogP) is 7.02. The number of nitrogens with zero attached hydrogens (tertiary/aromatic N) is 3. The zero-order chi connectivity index (χ0) is 28.4. The van der Waals surface area contributed by atoms with Crippen LogP contribution in [0.1, 0.15) is 5.56 Å². The van der Waals surface area contributed by atoms with Crippen LogP contribution in [0.4, 0.5) is 28.9 Å². The van der Waals surface area contributed by atoms with Gasteiger partial charge in [0.15, 0.2) is 0 Å². The number of benzene rings is 3. The predicted molar refractivity (Wildman–Crippen MR) is 143 cm³/mol. The van der Waals surface area contributed by atoms with Gasteiger partial charge in [-0.15, -0.1) is 0 Å². The first kappa shape index (κ1) is 26.3.